The lowest BCUT2D eigenvalue weighted by Gasteiger charge is -2.12. The van der Waals surface area contributed by atoms with Crippen molar-refractivity contribution in [3.8, 4) is 22.2 Å². The van der Waals surface area contributed by atoms with Crippen LogP contribution in [0.1, 0.15) is 30.9 Å². The van der Waals surface area contributed by atoms with E-state index in [0.717, 1.165) is 34.5 Å². The average molecular weight is 420 g/mol. The van der Waals surface area contributed by atoms with Crippen molar-refractivity contribution >= 4 is 34.7 Å². The van der Waals surface area contributed by atoms with E-state index in [9.17, 15) is 0 Å². The second-order valence-electron chi connectivity index (χ2n) is 6.63. The van der Waals surface area contributed by atoms with Crippen LogP contribution < -0.4 is 9.47 Å². The van der Waals surface area contributed by atoms with Gasteiger partial charge in [-0.3, -0.25) is 4.57 Å². The molecule has 2 aliphatic rings. The highest BCUT2D eigenvalue weighted by atomic mass is 35.5. The molecule has 0 unspecified atom stereocenters. The standard InChI is InChI=1S/C19H18ClN3O2S2/c20-14-9-12(10-15-17(14)25-7-2-6-24-15)11-27-19-22-21-18(16-3-1-8-26-16)23(19)13-4-5-13/h1,3,8-10,13H,2,4-7,11H2. The summed E-state index contributed by atoms with van der Waals surface area (Å²) in [5.41, 5.74) is 1.09. The highest BCUT2D eigenvalue weighted by molar-refractivity contribution is 7.98. The third-order valence-electron chi connectivity index (χ3n) is 4.55. The molecule has 5 nitrogen and oxygen atoms in total. The number of ether oxygens (including phenoxy) is 2. The van der Waals surface area contributed by atoms with Crippen LogP contribution >= 0.6 is 34.7 Å². The molecule has 0 atom stereocenters. The quantitative estimate of drug-likeness (QED) is 0.515. The molecule has 0 bridgehead atoms. The summed E-state index contributed by atoms with van der Waals surface area (Å²) in [5, 5.41) is 12.6. The summed E-state index contributed by atoms with van der Waals surface area (Å²) in [4.78, 5) is 1.17. The van der Waals surface area contributed by atoms with Crippen LogP contribution in [0.15, 0.2) is 34.8 Å². The number of thioether (sulfide) groups is 1. The highest BCUT2D eigenvalue weighted by Gasteiger charge is 2.30. The molecule has 5 rings (SSSR count). The number of hydrogen-bond acceptors (Lipinski definition) is 6. The van der Waals surface area contributed by atoms with E-state index in [2.05, 4.69) is 32.3 Å². The number of halogens is 1. The van der Waals surface area contributed by atoms with Gasteiger partial charge in [-0.2, -0.15) is 0 Å². The fourth-order valence-electron chi connectivity index (χ4n) is 3.13. The molecule has 1 aliphatic carbocycles. The van der Waals surface area contributed by atoms with Crippen LogP contribution in [0.25, 0.3) is 10.7 Å². The van der Waals surface area contributed by atoms with Gasteiger partial charge in [0.2, 0.25) is 0 Å². The van der Waals surface area contributed by atoms with Gasteiger partial charge in [0.25, 0.3) is 0 Å². The number of nitrogens with zero attached hydrogens (tertiary/aromatic N) is 3. The molecule has 0 radical (unpaired) electrons. The molecular weight excluding hydrogens is 402 g/mol. The first-order chi connectivity index (χ1) is 13.3. The van der Waals surface area contributed by atoms with Crippen molar-refractivity contribution < 1.29 is 9.47 Å². The molecule has 0 spiro atoms. The van der Waals surface area contributed by atoms with E-state index in [1.807, 2.05) is 12.1 Å². The molecule has 1 aromatic carbocycles. The second kappa shape index (κ2) is 7.37. The normalized spacial score (nSPS) is 16.3. The minimum Gasteiger partial charge on any atom is -0.489 e. The number of benzene rings is 1. The highest BCUT2D eigenvalue weighted by Crippen LogP contribution is 2.43. The maximum atomic E-state index is 6.42. The lowest BCUT2D eigenvalue weighted by atomic mass is 10.2. The predicted octanol–water partition coefficient (Wildman–Crippen LogP) is 5.45. The maximum absolute atomic E-state index is 6.42. The molecule has 0 N–H and O–H groups in total. The molecule has 2 aromatic heterocycles. The Morgan fingerprint density at radius 2 is 2.11 bits per heavy atom. The van der Waals surface area contributed by atoms with E-state index in [1.165, 1.54) is 17.7 Å². The van der Waals surface area contributed by atoms with Crippen molar-refractivity contribution in [1.82, 2.24) is 14.8 Å². The molecule has 8 heteroatoms. The fraction of sp³-hybridized carbons (Fsp3) is 0.368. The Balaban J connectivity index is 1.39. The van der Waals surface area contributed by atoms with Crippen LogP contribution in [-0.2, 0) is 5.75 Å². The zero-order valence-corrected chi connectivity index (χ0v) is 16.9. The van der Waals surface area contributed by atoms with Gasteiger partial charge >= 0.3 is 0 Å². The number of fused-ring (bicyclic) bond motifs is 1. The van der Waals surface area contributed by atoms with Gasteiger partial charge in [0.1, 0.15) is 0 Å². The molecule has 1 aliphatic heterocycles. The summed E-state index contributed by atoms with van der Waals surface area (Å²) < 4.78 is 13.8. The van der Waals surface area contributed by atoms with Gasteiger partial charge in [-0.15, -0.1) is 21.5 Å². The van der Waals surface area contributed by atoms with Crippen molar-refractivity contribution in [2.24, 2.45) is 0 Å². The summed E-state index contributed by atoms with van der Waals surface area (Å²) in [7, 11) is 0. The summed E-state index contributed by atoms with van der Waals surface area (Å²) in [6, 6.07) is 8.66. The lowest BCUT2D eigenvalue weighted by Crippen LogP contribution is -1.99. The molecule has 0 amide bonds. The fourth-order valence-corrected chi connectivity index (χ4v) is 5.06. The molecule has 0 saturated heterocycles. The molecular formula is C19H18ClN3O2S2. The van der Waals surface area contributed by atoms with Gasteiger partial charge in [0.05, 0.1) is 23.1 Å². The number of aromatic nitrogens is 3. The van der Waals surface area contributed by atoms with Crippen LogP contribution in [-0.4, -0.2) is 28.0 Å². The topological polar surface area (TPSA) is 49.2 Å². The van der Waals surface area contributed by atoms with E-state index in [0.29, 0.717) is 30.0 Å². The van der Waals surface area contributed by atoms with Gasteiger partial charge in [0.15, 0.2) is 22.5 Å². The Kier molecular flexibility index (Phi) is 4.75. The Bertz CT molecular complexity index is 954. The number of rotatable bonds is 5. The SMILES string of the molecule is Clc1cc(CSc2nnc(-c3cccs3)n2C2CC2)cc2c1OCCCO2. The van der Waals surface area contributed by atoms with Crippen LogP contribution in [0.2, 0.25) is 5.02 Å². The largest absolute Gasteiger partial charge is 0.489 e. The van der Waals surface area contributed by atoms with Gasteiger partial charge in [-0.25, -0.2) is 0 Å². The van der Waals surface area contributed by atoms with Crippen LogP contribution in [0, 0.1) is 0 Å². The van der Waals surface area contributed by atoms with Gasteiger partial charge in [0, 0.05) is 18.2 Å². The van der Waals surface area contributed by atoms with Crippen molar-refractivity contribution in [2.45, 2.75) is 36.2 Å². The van der Waals surface area contributed by atoms with Gasteiger partial charge in [-0.1, -0.05) is 29.4 Å². The monoisotopic (exact) mass is 419 g/mol. The Hall–Kier alpha value is -1.70. The molecule has 3 aromatic rings. The van der Waals surface area contributed by atoms with Crippen molar-refractivity contribution in [2.75, 3.05) is 13.2 Å². The van der Waals surface area contributed by atoms with Crippen molar-refractivity contribution in [3.63, 3.8) is 0 Å². The maximum Gasteiger partial charge on any atom is 0.192 e. The minimum absolute atomic E-state index is 0.520. The summed E-state index contributed by atoms with van der Waals surface area (Å²) in [6.07, 6.45) is 3.25. The summed E-state index contributed by atoms with van der Waals surface area (Å²) >= 11 is 9.81. The summed E-state index contributed by atoms with van der Waals surface area (Å²) in [6.45, 7) is 1.29. The molecule has 140 valence electrons. The Morgan fingerprint density at radius 1 is 1.22 bits per heavy atom. The zero-order chi connectivity index (χ0) is 18.2. The first-order valence-corrected chi connectivity index (χ1v) is 11.2. The number of thiophene rings is 1. The van der Waals surface area contributed by atoms with Gasteiger partial charge < -0.3 is 9.47 Å². The smallest absolute Gasteiger partial charge is 0.192 e. The van der Waals surface area contributed by atoms with E-state index in [4.69, 9.17) is 21.1 Å². The predicted molar refractivity (Wildman–Crippen MR) is 108 cm³/mol. The Morgan fingerprint density at radius 3 is 2.93 bits per heavy atom. The molecule has 27 heavy (non-hydrogen) atoms. The lowest BCUT2D eigenvalue weighted by molar-refractivity contribution is 0.297. The first kappa shape index (κ1) is 17.4. The molecule has 3 heterocycles. The van der Waals surface area contributed by atoms with Crippen LogP contribution in [0.4, 0.5) is 0 Å². The molecule has 1 saturated carbocycles. The Labute approximate surface area is 170 Å². The third-order valence-corrected chi connectivity index (χ3v) is 6.71. The van der Waals surface area contributed by atoms with Crippen molar-refractivity contribution in [1.29, 1.82) is 0 Å². The van der Waals surface area contributed by atoms with Crippen LogP contribution in [0.5, 0.6) is 11.5 Å². The summed E-state index contributed by atoms with van der Waals surface area (Å²) in [5.74, 6) is 3.13. The first-order valence-electron chi connectivity index (χ1n) is 8.99. The third kappa shape index (κ3) is 3.56. The average Bonchev–Trinajstić information content (AvgIpc) is 3.27. The second-order valence-corrected chi connectivity index (χ2v) is 8.93. The van der Waals surface area contributed by atoms with E-state index in [1.54, 1.807) is 23.1 Å². The van der Waals surface area contributed by atoms with E-state index >= 15 is 0 Å². The van der Waals surface area contributed by atoms with Crippen molar-refractivity contribution in [3.05, 3.63) is 40.2 Å². The number of hydrogen-bond donors (Lipinski definition) is 0. The zero-order valence-electron chi connectivity index (χ0n) is 14.6. The minimum atomic E-state index is 0.520. The van der Waals surface area contributed by atoms with Gasteiger partial charge in [-0.05, 0) is 42.0 Å². The molecule has 1 fully saturated rings. The van der Waals surface area contributed by atoms with Crippen LogP contribution in [0.3, 0.4) is 0 Å². The van der Waals surface area contributed by atoms with E-state index < -0.39 is 0 Å². The van der Waals surface area contributed by atoms with E-state index in [-0.39, 0.29) is 0 Å².